The zero-order valence-electron chi connectivity index (χ0n) is 15.7. The van der Waals surface area contributed by atoms with Crippen LogP contribution in [0.4, 0.5) is 8.22 Å². The van der Waals surface area contributed by atoms with Crippen LogP contribution in [-0.4, -0.2) is 21.2 Å². The third kappa shape index (κ3) is 2.98. The summed E-state index contributed by atoms with van der Waals surface area (Å²) in [5, 5.41) is -0.643. The topological polar surface area (TPSA) is 4.93 Å². The molecule has 0 spiro atoms. The molecule has 0 aliphatic carbocycles. The highest BCUT2D eigenvalue weighted by Gasteiger charge is 2.52. The van der Waals surface area contributed by atoms with Gasteiger partial charge in [0.1, 0.15) is 0 Å². The number of nitrogens with zero attached hydrogens (tertiary/aromatic N) is 1. The summed E-state index contributed by atoms with van der Waals surface area (Å²) in [6, 6.07) is 1.69. The molecule has 0 radical (unpaired) electrons. The maximum Gasteiger partial charge on any atom is 0.462 e. The molecular formula is C17H33F2NSi2. The summed E-state index contributed by atoms with van der Waals surface area (Å²) >= 11 is 0. The van der Waals surface area contributed by atoms with Crippen LogP contribution >= 0.6 is 0 Å². The Morgan fingerprint density at radius 2 is 1.32 bits per heavy atom. The monoisotopic (exact) mass is 345 g/mol. The van der Waals surface area contributed by atoms with E-state index in [1.54, 1.807) is 33.0 Å². The fraction of sp³-hybridized carbons (Fsp3) is 0.765. The Kier molecular flexibility index (Phi) is 5.55. The van der Waals surface area contributed by atoms with Crippen LogP contribution in [0, 0.1) is 0 Å². The van der Waals surface area contributed by atoms with Gasteiger partial charge in [-0.25, -0.2) is 0 Å². The standard InChI is InChI=1S/C17H33F2NSi2/c1-13(2)21(14(3)4,15(5)6)20-11-10-16(12-20)22(18,19)17(7,8)9/h10-15H,1-9H3. The zero-order valence-corrected chi connectivity index (χ0v) is 17.7. The maximum absolute atomic E-state index is 14.8. The molecule has 0 saturated heterocycles. The molecule has 1 nitrogen and oxygen atoms in total. The minimum Gasteiger partial charge on any atom is -0.379 e. The molecule has 0 atom stereocenters. The van der Waals surface area contributed by atoms with Gasteiger partial charge in [-0.15, -0.1) is 0 Å². The summed E-state index contributed by atoms with van der Waals surface area (Å²) in [5.74, 6) is 0. The maximum atomic E-state index is 14.8. The predicted octanol–water partition coefficient (Wildman–Crippen LogP) is 5.90. The Bertz CT molecular complexity index is 477. The second kappa shape index (κ2) is 6.23. The lowest BCUT2D eigenvalue weighted by Gasteiger charge is -2.44. The second-order valence-electron chi connectivity index (χ2n) is 8.48. The molecule has 0 N–H and O–H groups in total. The van der Waals surface area contributed by atoms with Crippen LogP contribution in [0.15, 0.2) is 18.5 Å². The van der Waals surface area contributed by atoms with Gasteiger partial charge in [-0.1, -0.05) is 62.3 Å². The number of hydrogen-bond acceptors (Lipinski definition) is 0. The average Bonchev–Trinajstić information content (AvgIpc) is 2.76. The van der Waals surface area contributed by atoms with Crippen LogP contribution in [0.2, 0.25) is 21.7 Å². The van der Waals surface area contributed by atoms with Crippen molar-refractivity contribution in [2.75, 3.05) is 0 Å². The van der Waals surface area contributed by atoms with Crippen molar-refractivity contribution in [3.63, 3.8) is 0 Å². The first-order valence-corrected chi connectivity index (χ1v) is 12.3. The smallest absolute Gasteiger partial charge is 0.379 e. The van der Waals surface area contributed by atoms with Crippen molar-refractivity contribution in [2.24, 2.45) is 0 Å². The molecule has 0 amide bonds. The first-order valence-electron chi connectivity index (χ1n) is 8.36. The van der Waals surface area contributed by atoms with E-state index >= 15 is 0 Å². The fourth-order valence-electron chi connectivity index (χ4n) is 4.15. The molecule has 0 aliphatic heterocycles. The fourth-order valence-corrected chi connectivity index (χ4v) is 12.2. The second-order valence-corrected chi connectivity index (χ2v) is 17.5. The Hall–Kier alpha value is -0.426. The molecule has 5 heteroatoms. The molecule has 0 aliphatic rings. The lowest BCUT2D eigenvalue weighted by molar-refractivity contribution is 0.519. The van der Waals surface area contributed by atoms with E-state index in [4.69, 9.17) is 0 Å². The highest BCUT2D eigenvalue weighted by Crippen LogP contribution is 2.43. The van der Waals surface area contributed by atoms with Crippen molar-refractivity contribution in [1.82, 2.24) is 4.23 Å². The molecule has 128 valence electrons. The van der Waals surface area contributed by atoms with E-state index in [9.17, 15) is 8.22 Å². The first-order chi connectivity index (χ1) is 9.79. The van der Waals surface area contributed by atoms with E-state index in [1.807, 2.05) is 6.20 Å². The molecule has 1 aromatic heterocycles. The molecule has 0 saturated carbocycles. The van der Waals surface area contributed by atoms with Gasteiger partial charge in [0, 0.05) is 10.2 Å². The van der Waals surface area contributed by atoms with E-state index in [2.05, 4.69) is 45.8 Å². The van der Waals surface area contributed by atoms with Crippen molar-refractivity contribution in [1.29, 1.82) is 0 Å². The SMILES string of the molecule is CC(C)[Si](C(C)C)(C(C)C)n1ccc([Si](F)(F)C(C)(C)C)c1. The Balaban J connectivity index is 3.45. The van der Waals surface area contributed by atoms with E-state index in [1.165, 1.54) is 0 Å². The molecule has 1 aromatic rings. The molecule has 0 fully saturated rings. The van der Waals surface area contributed by atoms with Crippen LogP contribution < -0.4 is 5.19 Å². The average molecular weight is 346 g/mol. The quantitative estimate of drug-likeness (QED) is 0.462. The van der Waals surface area contributed by atoms with E-state index in [-0.39, 0.29) is 0 Å². The third-order valence-electron chi connectivity index (χ3n) is 5.22. The zero-order chi connectivity index (χ0) is 17.5. The normalized spacial score (nSPS) is 14.5. The summed E-state index contributed by atoms with van der Waals surface area (Å²) < 4.78 is 31.8. The lowest BCUT2D eigenvalue weighted by Crippen LogP contribution is -2.52. The summed E-state index contributed by atoms with van der Waals surface area (Å²) in [4.78, 5) is 0. The molecule has 22 heavy (non-hydrogen) atoms. The van der Waals surface area contributed by atoms with Crippen molar-refractivity contribution in [2.45, 2.75) is 84.0 Å². The highest BCUT2D eigenvalue weighted by molar-refractivity contribution is 6.84. The van der Waals surface area contributed by atoms with Gasteiger partial charge >= 0.3 is 8.74 Å². The van der Waals surface area contributed by atoms with Gasteiger partial charge in [0.25, 0.3) is 0 Å². The van der Waals surface area contributed by atoms with Crippen molar-refractivity contribution in [3.8, 4) is 0 Å². The number of hydrogen-bond donors (Lipinski definition) is 0. The molecule has 0 aromatic carbocycles. The Morgan fingerprint density at radius 3 is 1.64 bits per heavy atom. The van der Waals surface area contributed by atoms with Gasteiger partial charge in [-0.3, -0.25) is 8.22 Å². The summed E-state index contributed by atoms with van der Waals surface area (Å²) in [6.07, 6.45) is 3.73. The Morgan fingerprint density at radius 1 is 0.909 bits per heavy atom. The van der Waals surface area contributed by atoms with Crippen molar-refractivity contribution >= 4 is 22.2 Å². The minimum absolute atomic E-state index is 0.291. The molecule has 0 bridgehead atoms. The van der Waals surface area contributed by atoms with Gasteiger partial charge < -0.3 is 4.23 Å². The van der Waals surface area contributed by atoms with Crippen LogP contribution in [0.25, 0.3) is 0 Å². The molecule has 1 rings (SSSR count). The van der Waals surface area contributed by atoms with Gasteiger partial charge in [0.2, 0.25) is 0 Å². The summed E-state index contributed by atoms with van der Waals surface area (Å²) in [6.45, 7) is 18.5. The van der Waals surface area contributed by atoms with Crippen molar-refractivity contribution in [3.05, 3.63) is 18.5 Å². The number of aromatic nitrogens is 1. The van der Waals surface area contributed by atoms with Crippen LogP contribution in [0.3, 0.4) is 0 Å². The van der Waals surface area contributed by atoms with Gasteiger partial charge in [-0.2, -0.15) is 0 Å². The van der Waals surface area contributed by atoms with Gasteiger partial charge in [-0.05, 0) is 35.1 Å². The molecular weight excluding hydrogens is 312 g/mol. The van der Waals surface area contributed by atoms with Crippen LogP contribution in [0.1, 0.15) is 62.3 Å². The third-order valence-corrected chi connectivity index (χ3v) is 14.8. The summed E-state index contributed by atoms with van der Waals surface area (Å²) in [5.41, 5.74) is 1.54. The van der Waals surface area contributed by atoms with Crippen molar-refractivity contribution < 1.29 is 8.22 Å². The van der Waals surface area contributed by atoms with E-state index in [0.29, 0.717) is 21.8 Å². The van der Waals surface area contributed by atoms with Gasteiger partial charge in [0.15, 0.2) is 8.24 Å². The minimum atomic E-state index is -4.44. The predicted molar refractivity (Wildman–Crippen MR) is 98.2 cm³/mol. The van der Waals surface area contributed by atoms with Crippen LogP contribution in [-0.2, 0) is 0 Å². The van der Waals surface area contributed by atoms with Gasteiger partial charge in [0.05, 0.1) is 0 Å². The molecule has 0 unspecified atom stereocenters. The first kappa shape index (κ1) is 19.6. The van der Waals surface area contributed by atoms with E-state index < -0.39 is 22.0 Å². The summed E-state index contributed by atoms with van der Waals surface area (Å²) in [7, 11) is -6.36. The lowest BCUT2D eigenvalue weighted by atomic mass is 10.2. The number of halogens is 2. The molecule has 1 heterocycles. The number of rotatable bonds is 5. The largest absolute Gasteiger partial charge is 0.462 e. The van der Waals surface area contributed by atoms with Crippen LogP contribution in [0.5, 0.6) is 0 Å². The highest BCUT2D eigenvalue weighted by atomic mass is 28.4. The Labute approximate surface area is 137 Å². The van der Waals surface area contributed by atoms with E-state index in [0.717, 1.165) is 0 Å².